The summed E-state index contributed by atoms with van der Waals surface area (Å²) in [5.41, 5.74) is 6.92. The van der Waals surface area contributed by atoms with Crippen molar-refractivity contribution in [1.82, 2.24) is 4.98 Å². The number of pyridine rings is 1. The summed E-state index contributed by atoms with van der Waals surface area (Å²) in [4.78, 5) is 8.92. The molecule has 0 atom stereocenters. The van der Waals surface area contributed by atoms with Crippen LogP contribution in [0.1, 0.15) is 56.9 Å². The van der Waals surface area contributed by atoms with Crippen molar-refractivity contribution < 1.29 is 0 Å². The molecule has 228 valence electrons. The maximum Gasteiger partial charge on any atom is 0.0629 e. The van der Waals surface area contributed by atoms with Gasteiger partial charge in [0.05, 0.1) is 5.69 Å². The SMILES string of the molecule is C=CCC/N=C/c1ccc(CCCC(/C(C=C)=C/C=C/c2ccccn2)=c2/cc/c(=C/C(=C)C(C)(C)C)c3ccccc23)cc1. The summed E-state index contributed by atoms with van der Waals surface area (Å²) in [7, 11) is 0. The summed E-state index contributed by atoms with van der Waals surface area (Å²) in [5, 5.41) is 4.91. The van der Waals surface area contributed by atoms with E-state index in [-0.39, 0.29) is 5.41 Å². The lowest BCUT2D eigenvalue weighted by molar-refractivity contribution is 0.525. The molecule has 0 amide bonds. The van der Waals surface area contributed by atoms with Crippen LogP contribution in [0.15, 0.2) is 145 Å². The molecule has 1 heterocycles. The molecule has 0 bridgehead atoms. The molecule has 45 heavy (non-hydrogen) atoms. The third-order valence-electron chi connectivity index (χ3n) is 7.95. The number of allylic oxidation sites excluding steroid dienone is 5. The number of fused-ring (bicyclic) bond motifs is 1. The van der Waals surface area contributed by atoms with E-state index in [1.54, 1.807) is 0 Å². The predicted molar refractivity (Wildman–Crippen MR) is 198 cm³/mol. The van der Waals surface area contributed by atoms with E-state index in [9.17, 15) is 0 Å². The van der Waals surface area contributed by atoms with Crippen LogP contribution in [-0.4, -0.2) is 17.7 Å². The molecule has 0 saturated carbocycles. The van der Waals surface area contributed by atoms with Crippen LogP contribution in [0.3, 0.4) is 0 Å². The Labute approximate surface area is 270 Å². The molecule has 2 heteroatoms. The van der Waals surface area contributed by atoms with Gasteiger partial charge in [0.2, 0.25) is 0 Å². The van der Waals surface area contributed by atoms with E-state index in [2.05, 4.69) is 129 Å². The zero-order valence-electron chi connectivity index (χ0n) is 27.2. The summed E-state index contributed by atoms with van der Waals surface area (Å²) in [6, 6.07) is 27.9. The van der Waals surface area contributed by atoms with Gasteiger partial charge in [-0.2, -0.15) is 0 Å². The third kappa shape index (κ3) is 9.58. The second kappa shape index (κ2) is 16.3. The van der Waals surface area contributed by atoms with E-state index in [1.807, 2.05) is 48.8 Å². The number of rotatable bonds is 13. The van der Waals surface area contributed by atoms with E-state index < -0.39 is 0 Å². The predicted octanol–water partition coefficient (Wildman–Crippen LogP) is 9.61. The van der Waals surface area contributed by atoms with Gasteiger partial charge in [-0.25, -0.2) is 0 Å². The first kappa shape index (κ1) is 33.1. The standard InChI is InChI=1S/C43H46N2/c1-7-9-29-44-32-35-25-23-34(24-26-35)16-14-22-39(36(8-2)17-15-19-38-18-12-13-30-45-38)42-28-27-37(31-33(3)43(4,5)6)40-20-10-11-21-41(40)42/h7-8,10-13,15,17-21,23-28,30-32H,1-3,9,14,16,22,29H2,4-6H3/b19-15+,36-17+,37-31-,42-39+,44-32+. The summed E-state index contributed by atoms with van der Waals surface area (Å²) >= 11 is 0. The highest BCUT2D eigenvalue weighted by Gasteiger charge is 2.13. The van der Waals surface area contributed by atoms with Gasteiger partial charge in [-0.1, -0.05) is 131 Å². The summed E-state index contributed by atoms with van der Waals surface area (Å²) in [6.45, 7) is 19.8. The molecule has 0 N–H and O–H groups in total. The first-order valence-electron chi connectivity index (χ1n) is 15.8. The first-order valence-corrected chi connectivity index (χ1v) is 15.8. The van der Waals surface area contributed by atoms with Crippen LogP contribution in [0.25, 0.3) is 28.5 Å². The van der Waals surface area contributed by atoms with Crippen molar-refractivity contribution in [3.05, 3.63) is 168 Å². The second-order valence-electron chi connectivity index (χ2n) is 12.3. The molecule has 0 unspecified atom stereocenters. The molecular weight excluding hydrogens is 544 g/mol. The van der Waals surface area contributed by atoms with Crippen LogP contribution in [0.2, 0.25) is 0 Å². The van der Waals surface area contributed by atoms with Crippen LogP contribution in [0.4, 0.5) is 0 Å². The molecule has 0 fully saturated rings. The Morgan fingerprint density at radius 3 is 2.33 bits per heavy atom. The number of nitrogens with zero attached hydrogens (tertiary/aromatic N) is 2. The zero-order chi connectivity index (χ0) is 32.1. The highest BCUT2D eigenvalue weighted by molar-refractivity contribution is 5.88. The Hall–Kier alpha value is -4.82. The van der Waals surface area contributed by atoms with Crippen LogP contribution in [-0.2, 0) is 6.42 Å². The van der Waals surface area contributed by atoms with Gasteiger partial charge in [0, 0.05) is 19.0 Å². The van der Waals surface area contributed by atoms with Gasteiger partial charge in [-0.3, -0.25) is 9.98 Å². The molecule has 1 aromatic heterocycles. The molecular formula is C43H46N2. The molecule has 0 aliphatic rings. The quantitative estimate of drug-likeness (QED) is 0.0659. The van der Waals surface area contributed by atoms with E-state index in [0.717, 1.165) is 54.6 Å². The Morgan fingerprint density at radius 2 is 1.64 bits per heavy atom. The van der Waals surface area contributed by atoms with Gasteiger partial charge in [-0.15, -0.1) is 6.58 Å². The number of aryl methyl sites for hydroxylation is 1. The number of hydrogen-bond donors (Lipinski definition) is 0. The van der Waals surface area contributed by atoms with Crippen LogP contribution in [0.5, 0.6) is 0 Å². The average Bonchev–Trinajstić information content (AvgIpc) is 3.05. The minimum atomic E-state index is 0.00621. The highest BCUT2D eigenvalue weighted by atomic mass is 14.7. The van der Waals surface area contributed by atoms with Gasteiger partial charge >= 0.3 is 0 Å². The molecule has 0 aliphatic carbocycles. The topological polar surface area (TPSA) is 25.2 Å². The smallest absolute Gasteiger partial charge is 0.0629 e. The fraction of sp³-hybridized carbons (Fsp3) is 0.209. The summed E-state index contributed by atoms with van der Waals surface area (Å²) in [5.74, 6) is 0. The minimum Gasteiger partial charge on any atom is -0.292 e. The van der Waals surface area contributed by atoms with E-state index in [1.165, 1.54) is 32.3 Å². The number of benzene rings is 3. The lowest BCUT2D eigenvalue weighted by atomic mass is 9.86. The number of hydrogen-bond acceptors (Lipinski definition) is 2. The highest BCUT2D eigenvalue weighted by Crippen LogP contribution is 2.25. The maximum atomic E-state index is 4.48. The monoisotopic (exact) mass is 590 g/mol. The van der Waals surface area contributed by atoms with Crippen LogP contribution in [0, 0.1) is 5.41 Å². The van der Waals surface area contributed by atoms with Crippen molar-refractivity contribution in [3.63, 3.8) is 0 Å². The van der Waals surface area contributed by atoms with Gasteiger partial charge < -0.3 is 0 Å². The van der Waals surface area contributed by atoms with E-state index in [4.69, 9.17) is 0 Å². The van der Waals surface area contributed by atoms with Crippen molar-refractivity contribution in [1.29, 1.82) is 0 Å². The minimum absolute atomic E-state index is 0.00621. The fourth-order valence-electron chi connectivity index (χ4n) is 5.14. The third-order valence-corrected chi connectivity index (χ3v) is 7.95. The van der Waals surface area contributed by atoms with Gasteiger partial charge in [-0.05, 0) is 98.4 Å². The number of aliphatic imine (C=N–C) groups is 1. The first-order chi connectivity index (χ1) is 21.8. The molecule has 0 radical (unpaired) electrons. The fourth-order valence-corrected chi connectivity index (χ4v) is 5.14. The normalized spacial score (nSPS) is 13.5. The molecule has 2 nitrogen and oxygen atoms in total. The van der Waals surface area contributed by atoms with E-state index >= 15 is 0 Å². The molecule has 4 rings (SSSR count). The lowest BCUT2D eigenvalue weighted by Gasteiger charge is -2.19. The molecule has 0 spiro atoms. The van der Waals surface area contributed by atoms with E-state index in [0.29, 0.717) is 0 Å². The maximum absolute atomic E-state index is 4.48. The van der Waals surface area contributed by atoms with Crippen LogP contribution < -0.4 is 10.4 Å². The van der Waals surface area contributed by atoms with Crippen LogP contribution >= 0.6 is 0 Å². The lowest BCUT2D eigenvalue weighted by Crippen LogP contribution is -2.17. The van der Waals surface area contributed by atoms with Gasteiger partial charge in [0.25, 0.3) is 0 Å². The molecule has 3 aromatic carbocycles. The van der Waals surface area contributed by atoms with Gasteiger partial charge in [0.1, 0.15) is 0 Å². The van der Waals surface area contributed by atoms with Crippen molar-refractivity contribution in [2.24, 2.45) is 10.4 Å². The van der Waals surface area contributed by atoms with Crippen molar-refractivity contribution in [3.8, 4) is 0 Å². The summed E-state index contributed by atoms with van der Waals surface area (Å²) in [6.07, 6.45) is 20.0. The Balaban J connectivity index is 1.73. The van der Waals surface area contributed by atoms with Crippen molar-refractivity contribution >= 4 is 34.7 Å². The number of aromatic nitrogens is 1. The zero-order valence-corrected chi connectivity index (χ0v) is 27.2. The Morgan fingerprint density at radius 1 is 0.889 bits per heavy atom. The van der Waals surface area contributed by atoms with Gasteiger partial charge in [0.15, 0.2) is 0 Å². The molecule has 0 saturated heterocycles. The average molecular weight is 591 g/mol. The Bertz CT molecular complexity index is 1830. The molecule has 0 aliphatic heterocycles. The summed E-state index contributed by atoms with van der Waals surface area (Å²) < 4.78 is 0. The van der Waals surface area contributed by atoms with Crippen molar-refractivity contribution in [2.75, 3.05) is 6.54 Å². The second-order valence-corrected chi connectivity index (χ2v) is 12.3. The largest absolute Gasteiger partial charge is 0.292 e. The molecule has 4 aromatic rings. The Kier molecular flexibility index (Phi) is 12.0. The van der Waals surface area contributed by atoms with Crippen molar-refractivity contribution in [2.45, 2.75) is 46.5 Å².